The smallest absolute Gasteiger partial charge is 0.0855 e. The molecule has 0 rings (SSSR count). The number of hydrogen-bond donors (Lipinski definition) is 1. The lowest BCUT2D eigenvalue weighted by molar-refractivity contribution is 0.781. The van der Waals surface area contributed by atoms with Crippen LogP contribution in [0, 0.1) is 22.7 Å². The topological polar surface area (TPSA) is 59.6 Å². The summed E-state index contributed by atoms with van der Waals surface area (Å²) < 4.78 is 0. The quantitative estimate of drug-likeness (QED) is 0.501. The number of nitriles is 2. The van der Waals surface area contributed by atoms with Crippen LogP contribution in [0.25, 0.3) is 0 Å². The molecule has 0 spiro atoms. The van der Waals surface area contributed by atoms with Crippen molar-refractivity contribution < 1.29 is 0 Å². The minimum atomic E-state index is -1.45. The summed E-state index contributed by atoms with van der Waals surface area (Å²) >= 11 is 0. The van der Waals surface area contributed by atoms with Gasteiger partial charge in [-0.3, -0.25) is 5.32 Å². The molecule has 0 aromatic heterocycles. The molecule has 0 bridgehead atoms. The largest absolute Gasteiger partial charge is 0.292 e. The van der Waals surface area contributed by atoms with E-state index in [1.807, 2.05) is 6.07 Å². The van der Waals surface area contributed by atoms with E-state index in [4.69, 9.17) is 10.5 Å². The summed E-state index contributed by atoms with van der Waals surface area (Å²) in [5.74, 6) is 0. The molecule has 3 nitrogen and oxygen atoms in total. The van der Waals surface area contributed by atoms with Crippen LogP contribution < -0.4 is 5.32 Å². The second kappa shape index (κ2) is 4.12. The molecule has 0 saturated carbocycles. The Labute approximate surface area is 68.6 Å². The Balaban J connectivity index is 4.02. The van der Waals surface area contributed by atoms with Crippen molar-refractivity contribution in [3.05, 3.63) is 0 Å². The Bertz CT molecular complexity index is 193. The summed E-state index contributed by atoms with van der Waals surface area (Å²) in [6.45, 7) is 6.57. The van der Waals surface area contributed by atoms with Crippen molar-refractivity contribution in [2.75, 3.05) is 6.54 Å². The second-order valence-corrected chi connectivity index (χ2v) is 8.78. The molecule has 0 radical (unpaired) electrons. The molecule has 60 valence electrons. The third kappa shape index (κ3) is 3.77. The summed E-state index contributed by atoms with van der Waals surface area (Å²) in [5.41, 5.74) is -0.109. The highest BCUT2D eigenvalue weighted by molar-refractivity contribution is 6.78. The van der Waals surface area contributed by atoms with Gasteiger partial charge in [-0.25, -0.2) is 0 Å². The zero-order chi connectivity index (χ0) is 8.91. The highest BCUT2D eigenvalue weighted by Gasteiger charge is 2.25. The number of rotatable bonds is 3. The fourth-order valence-electron chi connectivity index (χ4n) is 0.693. The molecule has 0 aliphatic rings. The molecule has 4 heteroatoms. The number of nitrogens with zero attached hydrogens (tertiary/aromatic N) is 2. The van der Waals surface area contributed by atoms with Crippen LogP contribution in [0.4, 0.5) is 0 Å². The van der Waals surface area contributed by atoms with Gasteiger partial charge in [-0.2, -0.15) is 10.5 Å². The van der Waals surface area contributed by atoms with E-state index in [0.29, 0.717) is 0 Å². The van der Waals surface area contributed by atoms with Crippen molar-refractivity contribution in [1.82, 2.24) is 5.32 Å². The van der Waals surface area contributed by atoms with Gasteiger partial charge in [-0.05, 0) is 0 Å². The Morgan fingerprint density at radius 3 is 2.18 bits per heavy atom. The van der Waals surface area contributed by atoms with Gasteiger partial charge in [0.15, 0.2) is 0 Å². The van der Waals surface area contributed by atoms with Crippen molar-refractivity contribution in [3.8, 4) is 12.1 Å². The standard InChI is InChI=1S/C7H13N3Si/c1-11(2,3)7(6-9)10-5-4-8/h7,10H,5H2,1-3H3. The Morgan fingerprint density at radius 2 is 1.91 bits per heavy atom. The molecular weight excluding hydrogens is 154 g/mol. The SMILES string of the molecule is C[Si](C)(C)C(C#N)NCC#N. The van der Waals surface area contributed by atoms with Crippen LogP contribution >= 0.6 is 0 Å². The molecule has 0 aromatic rings. The predicted molar refractivity (Wildman–Crippen MR) is 46.4 cm³/mol. The zero-order valence-corrected chi connectivity index (χ0v) is 8.18. The second-order valence-electron chi connectivity index (χ2n) is 3.47. The van der Waals surface area contributed by atoms with Gasteiger partial charge in [0.1, 0.15) is 0 Å². The molecule has 0 aromatic carbocycles. The van der Waals surface area contributed by atoms with Gasteiger partial charge in [0.25, 0.3) is 0 Å². The van der Waals surface area contributed by atoms with Crippen LogP contribution in [0.15, 0.2) is 0 Å². The molecule has 1 unspecified atom stereocenters. The average Bonchev–Trinajstić information content (AvgIpc) is 1.87. The van der Waals surface area contributed by atoms with Crippen molar-refractivity contribution in [2.45, 2.75) is 25.3 Å². The lowest BCUT2D eigenvalue weighted by Crippen LogP contribution is -2.47. The van der Waals surface area contributed by atoms with Gasteiger partial charge in [-0.1, -0.05) is 19.6 Å². The van der Waals surface area contributed by atoms with E-state index < -0.39 is 8.07 Å². The van der Waals surface area contributed by atoms with Gasteiger partial charge >= 0.3 is 0 Å². The minimum Gasteiger partial charge on any atom is -0.292 e. The first kappa shape index (κ1) is 10.2. The lowest BCUT2D eigenvalue weighted by Gasteiger charge is -2.22. The predicted octanol–water partition coefficient (Wildman–Crippen LogP) is 0.869. The third-order valence-electron chi connectivity index (χ3n) is 1.38. The maximum Gasteiger partial charge on any atom is 0.0855 e. The van der Waals surface area contributed by atoms with Crippen LogP contribution in [0.1, 0.15) is 0 Å². The van der Waals surface area contributed by atoms with Gasteiger partial charge in [-0.15, -0.1) is 0 Å². The van der Waals surface area contributed by atoms with E-state index in [-0.39, 0.29) is 12.2 Å². The van der Waals surface area contributed by atoms with Crippen LogP contribution in [-0.2, 0) is 0 Å². The van der Waals surface area contributed by atoms with Gasteiger partial charge in [0.2, 0.25) is 0 Å². The monoisotopic (exact) mass is 167 g/mol. The molecule has 0 fully saturated rings. The fraction of sp³-hybridized carbons (Fsp3) is 0.714. The van der Waals surface area contributed by atoms with E-state index in [2.05, 4.69) is 31.0 Å². The molecule has 0 saturated heterocycles. The zero-order valence-electron chi connectivity index (χ0n) is 7.18. The summed E-state index contributed by atoms with van der Waals surface area (Å²) in [5, 5.41) is 19.9. The first-order chi connectivity index (χ1) is 5.02. The normalized spacial score (nSPS) is 13.2. The molecule has 1 atom stereocenters. The minimum absolute atomic E-state index is 0.109. The highest BCUT2D eigenvalue weighted by Crippen LogP contribution is 2.05. The van der Waals surface area contributed by atoms with Crippen LogP contribution in [0.2, 0.25) is 19.6 Å². The molecule has 0 aliphatic carbocycles. The van der Waals surface area contributed by atoms with Gasteiger partial charge in [0.05, 0.1) is 32.4 Å². The Hall–Kier alpha value is -0.843. The summed E-state index contributed by atoms with van der Waals surface area (Å²) in [6, 6.07) is 4.14. The number of hydrogen-bond acceptors (Lipinski definition) is 3. The first-order valence-corrected chi connectivity index (χ1v) is 7.10. The first-order valence-electron chi connectivity index (χ1n) is 3.52. The summed E-state index contributed by atoms with van der Waals surface area (Å²) in [6.07, 6.45) is 0. The molecule has 11 heavy (non-hydrogen) atoms. The lowest BCUT2D eigenvalue weighted by atomic mass is 10.6. The number of nitrogens with one attached hydrogen (secondary N) is 1. The molecule has 0 aliphatic heterocycles. The average molecular weight is 167 g/mol. The van der Waals surface area contributed by atoms with Crippen molar-refractivity contribution in [3.63, 3.8) is 0 Å². The van der Waals surface area contributed by atoms with E-state index in [1.165, 1.54) is 0 Å². The fourth-order valence-corrected chi connectivity index (χ4v) is 1.79. The van der Waals surface area contributed by atoms with Gasteiger partial charge < -0.3 is 0 Å². The highest BCUT2D eigenvalue weighted by atomic mass is 28.3. The van der Waals surface area contributed by atoms with Crippen LogP contribution in [-0.4, -0.2) is 20.3 Å². The maximum atomic E-state index is 8.70. The summed E-state index contributed by atoms with van der Waals surface area (Å²) in [7, 11) is -1.45. The Kier molecular flexibility index (Phi) is 3.81. The van der Waals surface area contributed by atoms with E-state index in [0.717, 1.165) is 0 Å². The Morgan fingerprint density at radius 1 is 1.36 bits per heavy atom. The van der Waals surface area contributed by atoms with E-state index in [1.54, 1.807) is 0 Å². The van der Waals surface area contributed by atoms with Crippen molar-refractivity contribution in [1.29, 1.82) is 10.5 Å². The van der Waals surface area contributed by atoms with Crippen molar-refractivity contribution in [2.24, 2.45) is 0 Å². The van der Waals surface area contributed by atoms with Crippen LogP contribution in [0.5, 0.6) is 0 Å². The van der Waals surface area contributed by atoms with Crippen molar-refractivity contribution >= 4 is 8.07 Å². The maximum absolute atomic E-state index is 8.70. The molecule has 0 heterocycles. The van der Waals surface area contributed by atoms with Crippen LogP contribution in [0.3, 0.4) is 0 Å². The van der Waals surface area contributed by atoms with Gasteiger partial charge in [0, 0.05) is 0 Å². The molecule has 0 amide bonds. The van der Waals surface area contributed by atoms with E-state index in [9.17, 15) is 0 Å². The summed E-state index contributed by atoms with van der Waals surface area (Å²) in [4.78, 5) is 0. The van der Waals surface area contributed by atoms with E-state index >= 15 is 0 Å². The third-order valence-corrected chi connectivity index (χ3v) is 3.45. The molecular formula is C7H13N3Si. The molecule has 1 N–H and O–H groups in total.